The van der Waals surface area contributed by atoms with Gasteiger partial charge < -0.3 is 46.3 Å². The molecule has 0 fully saturated rings. The van der Waals surface area contributed by atoms with Crippen molar-refractivity contribution in [3.8, 4) is 11.4 Å². The van der Waals surface area contributed by atoms with Crippen molar-refractivity contribution >= 4 is 58.0 Å². The predicted octanol–water partition coefficient (Wildman–Crippen LogP) is 1.95. The molecular formula is C52H60FN9O11. The summed E-state index contributed by atoms with van der Waals surface area (Å²) in [6, 6.07) is 10.3. The number of nitrogens with one attached hydrogen (secondary N) is 6. The van der Waals surface area contributed by atoms with Gasteiger partial charge in [0.1, 0.15) is 17.6 Å². The number of pyridine rings is 2. The number of hydrogen-bond donors (Lipinski definition) is 7. The second-order valence-corrected chi connectivity index (χ2v) is 17.9. The van der Waals surface area contributed by atoms with Crippen LogP contribution in [0.1, 0.15) is 89.9 Å². The Morgan fingerprint density at radius 3 is 2.38 bits per heavy atom. The number of aromatic nitrogens is 2. The number of methoxy groups -OCH3 is 1. The SMILES string of the molecule is C=C(OC)c1cc2n(c(=O)c1CO)Cc1c-2nc2cc(F)c(C)c3c2c1[C@@H](NC(=O)CCCNC(=O)CNC(=O)C(Cc1ccccc1)NC(=O)CNC(=O)CNC(=O)CCCCCN1OCC=CC1=O)CC3. The van der Waals surface area contributed by atoms with Crippen molar-refractivity contribution in [2.45, 2.75) is 89.9 Å². The number of unbranched alkanes of at least 4 members (excludes halogenated alkanes) is 2. The molecular weight excluding hydrogens is 946 g/mol. The quantitative estimate of drug-likeness (QED) is 0.0346. The van der Waals surface area contributed by atoms with E-state index in [4.69, 9.17) is 14.6 Å². The van der Waals surface area contributed by atoms with Gasteiger partial charge in [-0.1, -0.05) is 49.4 Å². The fraction of sp³-hybridized carbons (Fsp3) is 0.404. The van der Waals surface area contributed by atoms with Gasteiger partial charge in [0.25, 0.3) is 11.5 Å². The third kappa shape index (κ3) is 13.0. The van der Waals surface area contributed by atoms with E-state index in [9.17, 15) is 43.5 Å². The lowest BCUT2D eigenvalue weighted by Crippen LogP contribution is -2.52. The van der Waals surface area contributed by atoms with Gasteiger partial charge in [-0.05, 0) is 67.3 Å². The molecule has 21 heteroatoms. The van der Waals surface area contributed by atoms with Gasteiger partial charge in [0, 0.05) is 61.0 Å². The highest BCUT2D eigenvalue weighted by atomic mass is 19.1. The first-order chi connectivity index (χ1) is 35.2. The first kappa shape index (κ1) is 53.0. The molecule has 73 heavy (non-hydrogen) atoms. The van der Waals surface area contributed by atoms with Crippen LogP contribution >= 0.6 is 0 Å². The minimum absolute atomic E-state index is 0.0316. The second kappa shape index (κ2) is 24.6. The summed E-state index contributed by atoms with van der Waals surface area (Å²) in [6.45, 7) is 4.72. The van der Waals surface area contributed by atoms with E-state index >= 15 is 4.39 Å². The van der Waals surface area contributed by atoms with E-state index in [1.165, 1.54) is 28.9 Å². The number of carbonyl (C=O) groups is 7. The summed E-state index contributed by atoms with van der Waals surface area (Å²) in [5.74, 6) is -3.59. The number of rotatable bonds is 24. The van der Waals surface area contributed by atoms with Gasteiger partial charge in [0.05, 0.1) is 75.0 Å². The van der Waals surface area contributed by atoms with E-state index in [2.05, 4.69) is 38.5 Å². The summed E-state index contributed by atoms with van der Waals surface area (Å²) in [5, 5.41) is 28.1. The molecule has 2 atom stereocenters. The Balaban J connectivity index is 0.869. The van der Waals surface area contributed by atoms with Gasteiger partial charge in [0.15, 0.2) is 0 Å². The van der Waals surface area contributed by atoms with E-state index in [0.717, 1.165) is 22.1 Å². The lowest BCUT2D eigenvalue weighted by Gasteiger charge is -2.29. The first-order valence-electron chi connectivity index (χ1n) is 24.2. The standard InChI is InChI=1S/C52H60FN9O11/c1-30-33-17-18-38(49-35-28-61-41(50(35)60-39(48(33)49)24-37(30)53)23-34(31(2)72-3)36(29-63)52(61)71)58-43(65)15-10-19-54-44(66)26-57-51(70)40(22-32-12-6-4-7-13-32)59-46(68)27-56-45(67)25-55-42(64)14-8-5-9-20-62-47(69)16-11-21-73-62/h4,6-7,11-13,16,23-24,38,40,63H,2,5,8-10,14-15,17-22,25-29H2,1,3H3,(H,54,66)(H,55,64)(H,56,67)(H,57,70)(H,58,65)(H,59,68)/t38-,40?/m0/s1. The summed E-state index contributed by atoms with van der Waals surface area (Å²) in [4.78, 5) is 113. The molecule has 0 bridgehead atoms. The Hall–Kier alpha value is -7.78. The molecule has 7 amide bonds. The van der Waals surface area contributed by atoms with Gasteiger partial charge in [-0.2, -0.15) is 0 Å². The number of carbonyl (C=O) groups excluding carboxylic acids is 7. The Morgan fingerprint density at radius 2 is 1.63 bits per heavy atom. The van der Waals surface area contributed by atoms with Crippen LogP contribution in [0.4, 0.5) is 4.39 Å². The van der Waals surface area contributed by atoms with E-state index in [1.807, 2.05) is 0 Å². The molecule has 386 valence electrons. The van der Waals surface area contributed by atoms with E-state index in [-0.39, 0.29) is 74.4 Å². The highest BCUT2D eigenvalue weighted by Gasteiger charge is 2.35. The van der Waals surface area contributed by atoms with Crippen molar-refractivity contribution in [1.82, 2.24) is 46.5 Å². The molecule has 7 N–H and O–H groups in total. The highest BCUT2D eigenvalue weighted by Crippen LogP contribution is 2.45. The lowest BCUT2D eigenvalue weighted by molar-refractivity contribution is -0.180. The molecule has 2 aromatic carbocycles. The van der Waals surface area contributed by atoms with Crippen molar-refractivity contribution < 1.29 is 52.6 Å². The van der Waals surface area contributed by atoms with E-state index in [0.29, 0.717) is 78.9 Å². The predicted molar refractivity (Wildman–Crippen MR) is 265 cm³/mol. The molecule has 1 unspecified atom stereocenters. The fourth-order valence-electron chi connectivity index (χ4n) is 9.23. The maximum atomic E-state index is 15.3. The molecule has 4 aromatic rings. The van der Waals surface area contributed by atoms with Crippen LogP contribution in [0.15, 0.2) is 66.0 Å². The van der Waals surface area contributed by atoms with Gasteiger partial charge in [-0.3, -0.25) is 43.2 Å². The molecule has 0 radical (unpaired) electrons. The van der Waals surface area contributed by atoms with Gasteiger partial charge in [-0.25, -0.2) is 14.4 Å². The minimum Gasteiger partial charge on any atom is -0.497 e. The van der Waals surface area contributed by atoms with Gasteiger partial charge in [0.2, 0.25) is 35.4 Å². The molecule has 4 heterocycles. The van der Waals surface area contributed by atoms with Crippen molar-refractivity contribution in [1.29, 1.82) is 0 Å². The largest absolute Gasteiger partial charge is 0.497 e. The van der Waals surface area contributed by atoms with E-state index in [1.54, 1.807) is 49.4 Å². The van der Waals surface area contributed by atoms with Crippen LogP contribution in [0.3, 0.4) is 0 Å². The van der Waals surface area contributed by atoms with Crippen LogP contribution in [0.25, 0.3) is 28.0 Å². The van der Waals surface area contributed by atoms with Crippen LogP contribution < -0.4 is 37.5 Å². The van der Waals surface area contributed by atoms with Crippen molar-refractivity contribution in [3.05, 3.63) is 116 Å². The lowest BCUT2D eigenvalue weighted by atomic mass is 9.81. The number of halogens is 1. The average Bonchev–Trinajstić information content (AvgIpc) is 3.76. The summed E-state index contributed by atoms with van der Waals surface area (Å²) < 4.78 is 22.1. The zero-order valence-corrected chi connectivity index (χ0v) is 40.8. The maximum absolute atomic E-state index is 15.3. The fourth-order valence-corrected chi connectivity index (χ4v) is 9.23. The molecule has 7 rings (SSSR count). The molecule has 2 aliphatic heterocycles. The summed E-state index contributed by atoms with van der Waals surface area (Å²) in [7, 11) is 1.41. The van der Waals surface area contributed by atoms with Crippen LogP contribution in [-0.2, 0) is 69.1 Å². The molecule has 3 aliphatic rings. The molecule has 0 saturated heterocycles. The van der Waals surface area contributed by atoms with Crippen molar-refractivity contribution in [3.63, 3.8) is 0 Å². The smallest absolute Gasteiger partial charge is 0.269 e. The number of benzene rings is 2. The zero-order chi connectivity index (χ0) is 52.2. The topological polar surface area (TPSA) is 268 Å². The van der Waals surface area contributed by atoms with Crippen LogP contribution in [0.5, 0.6) is 0 Å². The highest BCUT2D eigenvalue weighted by molar-refractivity contribution is 5.95. The molecule has 0 saturated carbocycles. The van der Waals surface area contributed by atoms with Gasteiger partial charge >= 0.3 is 0 Å². The van der Waals surface area contributed by atoms with E-state index < -0.39 is 66.8 Å². The number of fused-ring (bicyclic) bond motifs is 4. The first-order valence-corrected chi connectivity index (χ1v) is 24.2. The Labute approximate surface area is 420 Å². The second-order valence-electron chi connectivity index (χ2n) is 17.9. The van der Waals surface area contributed by atoms with Crippen LogP contribution in [-0.4, -0.2) is 114 Å². The number of hydroxylamine groups is 2. The summed E-state index contributed by atoms with van der Waals surface area (Å²) in [5.41, 5.74) is 4.72. The number of ether oxygens (including phenoxy) is 1. The average molecular weight is 1010 g/mol. The normalized spacial score (nSPS) is 14.7. The Kier molecular flexibility index (Phi) is 17.8. The summed E-state index contributed by atoms with van der Waals surface area (Å²) in [6.07, 6.45) is 6.36. The summed E-state index contributed by atoms with van der Waals surface area (Å²) >= 11 is 0. The number of aliphatic hydroxyl groups excluding tert-OH is 1. The number of hydrogen-bond acceptors (Lipinski definition) is 12. The van der Waals surface area contributed by atoms with Crippen LogP contribution in [0.2, 0.25) is 0 Å². The minimum atomic E-state index is -1.11. The van der Waals surface area contributed by atoms with Crippen LogP contribution in [0, 0.1) is 12.7 Å². The molecule has 1 aliphatic carbocycles. The molecule has 20 nitrogen and oxygen atoms in total. The number of amides is 7. The Bertz CT molecular complexity index is 2900. The third-order valence-electron chi connectivity index (χ3n) is 13.0. The number of nitrogens with zero attached hydrogens (tertiary/aromatic N) is 3. The third-order valence-corrected chi connectivity index (χ3v) is 13.0. The molecule has 0 spiro atoms. The van der Waals surface area contributed by atoms with Crippen molar-refractivity contribution in [2.75, 3.05) is 46.4 Å². The monoisotopic (exact) mass is 1010 g/mol. The number of aliphatic hydroxyl groups is 1. The van der Waals surface area contributed by atoms with Gasteiger partial charge in [-0.15, -0.1) is 0 Å². The maximum Gasteiger partial charge on any atom is 0.269 e. The zero-order valence-electron chi connectivity index (χ0n) is 40.8. The Morgan fingerprint density at radius 1 is 0.904 bits per heavy atom. The number of aryl methyl sites for hydroxylation is 1. The molecule has 2 aromatic heterocycles. The van der Waals surface area contributed by atoms with Crippen molar-refractivity contribution in [2.24, 2.45) is 0 Å².